The molecule has 2 N–H and O–H groups in total. The van der Waals surface area contributed by atoms with Gasteiger partial charge in [-0.25, -0.2) is 4.68 Å². The number of ether oxygens (including phenoxy) is 1. The maximum Gasteiger partial charge on any atom is 0.287 e. The summed E-state index contributed by atoms with van der Waals surface area (Å²) >= 11 is 5.98. The quantitative estimate of drug-likeness (QED) is 0.767. The fourth-order valence-corrected chi connectivity index (χ4v) is 1.60. The molecule has 1 unspecified atom stereocenters. The highest BCUT2D eigenvalue weighted by Gasteiger charge is 2.12. The van der Waals surface area contributed by atoms with Gasteiger partial charge in [-0.05, 0) is 6.42 Å². The minimum absolute atomic E-state index is 0.0282. The Morgan fingerprint density at radius 3 is 2.94 bits per heavy atom. The number of rotatable bonds is 7. The maximum absolute atomic E-state index is 11.9. The zero-order valence-electron chi connectivity index (χ0n) is 10.5. The van der Waals surface area contributed by atoms with Crippen LogP contribution in [0.2, 0.25) is 5.02 Å². The zero-order chi connectivity index (χ0) is 13.5. The lowest BCUT2D eigenvalue weighted by atomic mass is 10.2. The Morgan fingerprint density at radius 1 is 1.67 bits per heavy atom. The average Bonchev–Trinajstić information content (AvgIpc) is 2.39. The van der Waals surface area contributed by atoms with Gasteiger partial charge in [-0.2, -0.15) is 5.10 Å². The predicted molar refractivity (Wildman–Crippen MR) is 70.2 cm³/mol. The van der Waals surface area contributed by atoms with Crippen LogP contribution in [0.1, 0.15) is 13.3 Å². The molecule has 0 amide bonds. The fraction of sp³-hybridized carbons (Fsp3) is 0.636. The van der Waals surface area contributed by atoms with E-state index in [0.717, 1.165) is 6.42 Å². The van der Waals surface area contributed by atoms with Crippen molar-refractivity contribution in [3.05, 3.63) is 21.6 Å². The summed E-state index contributed by atoms with van der Waals surface area (Å²) in [7, 11) is 1.55. The van der Waals surface area contributed by atoms with Gasteiger partial charge in [0.1, 0.15) is 5.02 Å². The van der Waals surface area contributed by atoms with Crippen molar-refractivity contribution >= 4 is 17.3 Å². The lowest BCUT2D eigenvalue weighted by Gasteiger charge is -2.16. The molecule has 0 radical (unpaired) electrons. The standard InChI is InChI=1S/C11H18ClN3O3/c1-3-8(7-16)14-9-6-13-15(4-5-18-2)11(17)10(9)12/h6,8,14,16H,3-5,7H2,1-2H3. The Labute approximate surface area is 111 Å². The predicted octanol–water partition coefficient (Wildman–Crippen LogP) is 0.726. The van der Waals surface area contributed by atoms with E-state index in [1.165, 1.54) is 10.9 Å². The third-order valence-electron chi connectivity index (χ3n) is 2.56. The fourth-order valence-electron chi connectivity index (χ4n) is 1.40. The van der Waals surface area contributed by atoms with Gasteiger partial charge in [-0.3, -0.25) is 4.79 Å². The van der Waals surface area contributed by atoms with Crippen molar-refractivity contribution in [1.82, 2.24) is 9.78 Å². The molecule has 0 aliphatic heterocycles. The molecule has 1 atom stereocenters. The van der Waals surface area contributed by atoms with Gasteiger partial charge in [0.25, 0.3) is 5.56 Å². The molecule has 0 bridgehead atoms. The molecule has 0 aliphatic carbocycles. The molecule has 1 aromatic heterocycles. The first-order chi connectivity index (χ1) is 8.63. The Morgan fingerprint density at radius 2 is 2.39 bits per heavy atom. The van der Waals surface area contributed by atoms with Crippen molar-refractivity contribution in [3.63, 3.8) is 0 Å². The molecule has 1 rings (SSSR count). The van der Waals surface area contributed by atoms with Crippen LogP contribution in [-0.4, -0.2) is 41.3 Å². The molecular formula is C11H18ClN3O3. The summed E-state index contributed by atoms with van der Waals surface area (Å²) in [6.45, 7) is 2.64. The van der Waals surface area contributed by atoms with Crippen LogP contribution >= 0.6 is 11.6 Å². The number of hydrogen-bond acceptors (Lipinski definition) is 5. The number of hydrogen-bond donors (Lipinski definition) is 2. The summed E-state index contributed by atoms with van der Waals surface area (Å²) in [6.07, 6.45) is 2.21. The van der Waals surface area contributed by atoms with Crippen molar-refractivity contribution in [2.45, 2.75) is 25.9 Å². The van der Waals surface area contributed by atoms with Crippen LogP contribution < -0.4 is 10.9 Å². The largest absolute Gasteiger partial charge is 0.394 e. The number of methoxy groups -OCH3 is 1. The SMILES string of the molecule is CCC(CO)Nc1cnn(CCOC)c(=O)c1Cl. The molecule has 0 saturated carbocycles. The second kappa shape index (κ2) is 7.35. The van der Waals surface area contributed by atoms with Gasteiger partial charge in [0.05, 0.1) is 31.6 Å². The first-order valence-corrected chi connectivity index (χ1v) is 6.13. The van der Waals surface area contributed by atoms with Crippen molar-refractivity contribution in [1.29, 1.82) is 0 Å². The number of aliphatic hydroxyl groups is 1. The molecule has 0 fully saturated rings. The number of aliphatic hydroxyl groups excluding tert-OH is 1. The summed E-state index contributed by atoms with van der Waals surface area (Å²) in [5, 5.41) is 16.1. The van der Waals surface area contributed by atoms with Gasteiger partial charge in [-0.15, -0.1) is 0 Å². The molecule has 0 aliphatic rings. The normalized spacial score (nSPS) is 12.4. The van der Waals surface area contributed by atoms with E-state index in [2.05, 4.69) is 10.4 Å². The van der Waals surface area contributed by atoms with Crippen molar-refractivity contribution in [2.75, 3.05) is 25.6 Å². The van der Waals surface area contributed by atoms with Gasteiger partial charge in [0.15, 0.2) is 0 Å². The van der Waals surface area contributed by atoms with E-state index in [4.69, 9.17) is 21.4 Å². The van der Waals surface area contributed by atoms with Crippen molar-refractivity contribution in [2.24, 2.45) is 0 Å². The second-order valence-corrected chi connectivity index (χ2v) is 4.20. The van der Waals surface area contributed by atoms with E-state index in [1.54, 1.807) is 7.11 Å². The van der Waals surface area contributed by atoms with Gasteiger partial charge < -0.3 is 15.2 Å². The third kappa shape index (κ3) is 3.69. The Bertz CT molecular complexity index is 432. The van der Waals surface area contributed by atoms with E-state index >= 15 is 0 Å². The molecule has 0 aromatic carbocycles. The molecule has 1 aromatic rings. The molecular weight excluding hydrogens is 258 g/mol. The van der Waals surface area contributed by atoms with E-state index in [-0.39, 0.29) is 23.2 Å². The molecule has 18 heavy (non-hydrogen) atoms. The second-order valence-electron chi connectivity index (χ2n) is 3.83. The summed E-state index contributed by atoms with van der Waals surface area (Å²) in [6, 6.07) is -0.140. The van der Waals surface area contributed by atoms with Gasteiger partial charge in [0, 0.05) is 13.2 Å². The van der Waals surface area contributed by atoms with Crippen molar-refractivity contribution in [3.8, 4) is 0 Å². The number of anilines is 1. The van der Waals surface area contributed by atoms with Crippen LogP contribution in [-0.2, 0) is 11.3 Å². The Balaban J connectivity index is 2.90. The Kier molecular flexibility index (Phi) is 6.11. The highest BCUT2D eigenvalue weighted by Crippen LogP contribution is 2.16. The van der Waals surface area contributed by atoms with Gasteiger partial charge in [0.2, 0.25) is 0 Å². The molecule has 0 saturated heterocycles. The summed E-state index contributed by atoms with van der Waals surface area (Å²) in [5.74, 6) is 0. The number of halogens is 1. The first-order valence-electron chi connectivity index (χ1n) is 5.76. The van der Waals surface area contributed by atoms with Crippen LogP contribution in [0.15, 0.2) is 11.0 Å². The average molecular weight is 276 g/mol. The van der Waals surface area contributed by atoms with Crippen LogP contribution in [0.3, 0.4) is 0 Å². The molecule has 6 nitrogen and oxygen atoms in total. The van der Waals surface area contributed by atoms with Crippen LogP contribution in [0.5, 0.6) is 0 Å². The summed E-state index contributed by atoms with van der Waals surface area (Å²) < 4.78 is 6.13. The number of nitrogens with zero attached hydrogens (tertiary/aromatic N) is 2. The van der Waals surface area contributed by atoms with Crippen LogP contribution in [0.4, 0.5) is 5.69 Å². The summed E-state index contributed by atoms with van der Waals surface area (Å²) in [5.41, 5.74) is 0.0720. The number of nitrogens with one attached hydrogen (secondary N) is 1. The van der Waals surface area contributed by atoms with Crippen molar-refractivity contribution < 1.29 is 9.84 Å². The molecule has 102 valence electrons. The number of aromatic nitrogens is 2. The minimum Gasteiger partial charge on any atom is -0.394 e. The topological polar surface area (TPSA) is 76.4 Å². The smallest absolute Gasteiger partial charge is 0.287 e. The third-order valence-corrected chi connectivity index (χ3v) is 2.93. The van der Waals surface area contributed by atoms with E-state index in [1.807, 2.05) is 6.92 Å². The lowest BCUT2D eigenvalue weighted by Crippen LogP contribution is -2.28. The zero-order valence-corrected chi connectivity index (χ0v) is 11.3. The molecule has 7 heteroatoms. The maximum atomic E-state index is 11.9. The van der Waals surface area contributed by atoms with Gasteiger partial charge >= 0.3 is 0 Å². The monoisotopic (exact) mass is 275 g/mol. The van der Waals surface area contributed by atoms with E-state index < -0.39 is 0 Å². The van der Waals surface area contributed by atoms with Crippen LogP contribution in [0, 0.1) is 0 Å². The van der Waals surface area contributed by atoms with E-state index in [0.29, 0.717) is 18.8 Å². The Hall–Kier alpha value is -1.11. The van der Waals surface area contributed by atoms with Crippen LogP contribution in [0.25, 0.3) is 0 Å². The highest BCUT2D eigenvalue weighted by molar-refractivity contribution is 6.32. The lowest BCUT2D eigenvalue weighted by molar-refractivity contribution is 0.182. The first kappa shape index (κ1) is 14.9. The van der Waals surface area contributed by atoms with E-state index in [9.17, 15) is 4.79 Å². The molecule has 0 spiro atoms. The minimum atomic E-state index is -0.369. The van der Waals surface area contributed by atoms with Gasteiger partial charge in [-0.1, -0.05) is 18.5 Å². The highest BCUT2D eigenvalue weighted by atomic mass is 35.5. The summed E-state index contributed by atoms with van der Waals surface area (Å²) in [4.78, 5) is 11.9. The molecule has 1 heterocycles.